The number of aryl methyl sites for hydroxylation is 1. The highest BCUT2D eigenvalue weighted by Gasteiger charge is 2.38. The number of rotatable bonds is 8. The third kappa shape index (κ3) is 7.77. The van der Waals surface area contributed by atoms with Gasteiger partial charge in [0.05, 0.1) is 36.4 Å². The number of tetrazole rings is 1. The van der Waals surface area contributed by atoms with E-state index in [0.29, 0.717) is 43.3 Å². The highest BCUT2D eigenvalue weighted by Crippen LogP contribution is 2.38. The molecule has 1 saturated carbocycles. The fourth-order valence-electron chi connectivity index (χ4n) is 5.11. The Morgan fingerprint density at radius 2 is 1.49 bits per heavy atom. The Kier molecular flexibility index (Phi) is 8.37. The molecule has 234 valence electrons. The smallest absolute Gasteiger partial charge is 0.375 e. The van der Waals surface area contributed by atoms with Gasteiger partial charge in [-0.15, -0.1) is 5.10 Å². The van der Waals surface area contributed by atoms with Crippen molar-refractivity contribution >= 4 is 5.95 Å². The first kappa shape index (κ1) is 31.0. The van der Waals surface area contributed by atoms with E-state index in [0.717, 1.165) is 29.8 Å². The molecule has 1 aliphatic carbocycles. The second-order valence-corrected chi connectivity index (χ2v) is 10.8. The number of ether oxygens (including phenoxy) is 1. The molecule has 1 atom stereocenters. The average Bonchev–Trinajstić information content (AvgIpc) is 3.68. The summed E-state index contributed by atoms with van der Waals surface area (Å²) in [6.45, 7) is 0.941. The van der Waals surface area contributed by atoms with E-state index in [1.54, 1.807) is 0 Å². The van der Waals surface area contributed by atoms with Crippen molar-refractivity contribution in [1.29, 1.82) is 0 Å². The lowest BCUT2D eigenvalue weighted by atomic mass is 10.0. The number of anilines is 1. The molecule has 2 aromatic carbocycles. The normalized spacial score (nSPS) is 18.7. The van der Waals surface area contributed by atoms with Crippen LogP contribution in [0.15, 0.2) is 36.4 Å². The number of halogens is 9. The number of aromatic nitrogens is 4. The molecule has 43 heavy (non-hydrogen) atoms. The number of morpholine rings is 1. The van der Waals surface area contributed by atoms with Gasteiger partial charge in [-0.2, -0.15) is 44.3 Å². The van der Waals surface area contributed by atoms with Crippen LogP contribution in [0.2, 0.25) is 0 Å². The molecule has 1 saturated heterocycles. The molecule has 2 aliphatic rings. The molecular formula is C27H27F9N6O. The SMILES string of the molecule is Cn1nnc(N(Cc2cc(C(F)(F)F)cc(C(F)(F)F)c2)Cc2cc(C(F)(F)F)ccc2CN2CCOC(C3CC3)C2)n1. The zero-order valence-corrected chi connectivity index (χ0v) is 22.8. The summed E-state index contributed by atoms with van der Waals surface area (Å²) < 4.78 is 128. The summed E-state index contributed by atoms with van der Waals surface area (Å²) in [6, 6.07) is 4.37. The van der Waals surface area contributed by atoms with Crippen molar-refractivity contribution in [3.8, 4) is 0 Å². The molecule has 0 bridgehead atoms. The van der Waals surface area contributed by atoms with Gasteiger partial charge in [-0.05, 0) is 71.0 Å². The maximum absolute atomic E-state index is 13.7. The van der Waals surface area contributed by atoms with Gasteiger partial charge in [-0.25, -0.2) is 0 Å². The van der Waals surface area contributed by atoms with Crippen molar-refractivity contribution in [1.82, 2.24) is 25.1 Å². The zero-order valence-electron chi connectivity index (χ0n) is 22.8. The van der Waals surface area contributed by atoms with Crippen LogP contribution < -0.4 is 4.90 Å². The maximum Gasteiger partial charge on any atom is 0.416 e. The Balaban J connectivity index is 1.50. The topological polar surface area (TPSA) is 59.3 Å². The predicted molar refractivity (Wildman–Crippen MR) is 134 cm³/mol. The molecule has 1 aliphatic heterocycles. The van der Waals surface area contributed by atoms with Crippen molar-refractivity contribution in [3.63, 3.8) is 0 Å². The van der Waals surface area contributed by atoms with Crippen molar-refractivity contribution in [2.75, 3.05) is 24.6 Å². The van der Waals surface area contributed by atoms with Gasteiger partial charge < -0.3 is 9.64 Å². The van der Waals surface area contributed by atoms with E-state index in [9.17, 15) is 39.5 Å². The fraction of sp³-hybridized carbons (Fsp3) is 0.519. The van der Waals surface area contributed by atoms with Crippen molar-refractivity contribution in [2.45, 2.75) is 57.1 Å². The first-order valence-electron chi connectivity index (χ1n) is 13.4. The van der Waals surface area contributed by atoms with E-state index >= 15 is 0 Å². The maximum atomic E-state index is 13.7. The fourth-order valence-corrected chi connectivity index (χ4v) is 5.11. The number of benzene rings is 2. The molecule has 0 spiro atoms. The summed E-state index contributed by atoms with van der Waals surface area (Å²) >= 11 is 0. The van der Waals surface area contributed by atoms with Gasteiger partial charge in [0.15, 0.2) is 0 Å². The van der Waals surface area contributed by atoms with Gasteiger partial charge in [0.1, 0.15) is 0 Å². The lowest BCUT2D eigenvalue weighted by Crippen LogP contribution is -2.43. The molecule has 16 heteroatoms. The van der Waals surface area contributed by atoms with Gasteiger partial charge in [-0.1, -0.05) is 11.2 Å². The summed E-state index contributed by atoms with van der Waals surface area (Å²) in [6.07, 6.45) is -12.7. The van der Waals surface area contributed by atoms with Crippen LogP contribution in [0.5, 0.6) is 0 Å². The second-order valence-electron chi connectivity index (χ2n) is 10.8. The molecular weight excluding hydrogens is 595 g/mol. The number of hydrogen-bond donors (Lipinski definition) is 0. The summed E-state index contributed by atoms with van der Waals surface area (Å²) in [5.41, 5.74) is -3.68. The number of nitrogens with zero attached hydrogens (tertiary/aromatic N) is 6. The lowest BCUT2D eigenvalue weighted by molar-refractivity contribution is -0.143. The highest BCUT2D eigenvalue weighted by atomic mass is 19.4. The van der Waals surface area contributed by atoms with Gasteiger partial charge in [0.2, 0.25) is 0 Å². The van der Waals surface area contributed by atoms with Gasteiger partial charge in [0.25, 0.3) is 5.95 Å². The average molecular weight is 623 g/mol. The lowest BCUT2D eigenvalue weighted by Gasteiger charge is -2.34. The van der Waals surface area contributed by atoms with E-state index in [-0.39, 0.29) is 42.3 Å². The van der Waals surface area contributed by atoms with E-state index < -0.39 is 41.8 Å². The van der Waals surface area contributed by atoms with Gasteiger partial charge >= 0.3 is 18.5 Å². The molecule has 1 aromatic heterocycles. The first-order valence-corrected chi connectivity index (χ1v) is 13.4. The van der Waals surface area contributed by atoms with Crippen LogP contribution in [0.25, 0.3) is 0 Å². The molecule has 2 fully saturated rings. The standard InChI is InChI=1S/C27H27F9N6O/c1-40-38-24(37-39-40)42(12-16-8-21(26(31,32)33)11-22(9-16)27(34,35)36)14-19-10-20(25(28,29)30)5-4-18(19)13-41-6-7-43-23(15-41)17-2-3-17/h4-5,8-11,17,23H,2-3,6-7,12-15H2,1H3. The van der Waals surface area contributed by atoms with Gasteiger partial charge in [-0.3, -0.25) is 4.90 Å². The molecule has 2 heterocycles. The summed E-state index contributed by atoms with van der Waals surface area (Å²) in [7, 11) is 1.39. The van der Waals surface area contributed by atoms with Crippen LogP contribution in [-0.2, 0) is 49.9 Å². The van der Waals surface area contributed by atoms with Crippen molar-refractivity contribution < 1.29 is 44.3 Å². The molecule has 3 aromatic rings. The van der Waals surface area contributed by atoms with Crippen LogP contribution in [0.3, 0.4) is 0 Å². The quantitative estimate of drug-likeness (QED) is 0.284. The van der Waals surface area contributed by atoms with E-state index in [1.165, 1.54) is 18.0 Å². The van der Waals surface area contributed by atoms with Crippen LogP contribution in [0.4, 0.5) is 45.5 Å². The highest BCUT2D eigenvalue weighted by molar-refractivity contribution is 5.41. The molecule has 1 unspecified atom stereocenters. The van der Waals surface area contributed by atoms with Crippen LogP contribution in [0.1, 0.15) is 46.2 Å². The Morgan fingerprint density at radius 3 is 2.05 bits per heavy atom. The van der Waals surface area contributed by atoms with Crippen LogP contribution >= 0.6 is 0 Å². The Bertz CT molecular complexity index is 1400. The van der Waals surface area contributed by atoms with Crippen LogP contribution in [0, 0.1) is 5.92 Å². The van der Waals surface area contributed by atoms with Crippen molar-refractivity contribution in [3.05, 3.63) is 69.8 Å². The van der Waals surface area contributed by atoms with Gasteiger partial charge in [0, 0.05) is 32.7 Å². The Labute approximate surface area is 240 Å². The third-order valence-electron chi connectivity index (χ3n) is 7.42. The predicted octanol–water partition coefficient (Wildman–Crippen LogP) is 6.08. The Morgan fingerprint density at radius 1 is 0.837 bits per heavy atom. The minimum Gasteiger partial charge on any atom is -0.375 e. The summed E-state index contributed by atoms with van der Waals surface area (Å²) in [5, 5.41) is 11.6. The molecule has 7 nitrogen and oxygen atoms in total. The largest absolute Gasteiger partial charge is 0.416 e. The second kappa shape index (κ2) is 11.6. The zero-order chi connectivity index (χ0) is 31.2. The monoisotopic (exact) mass is 622 g/mol. The first-order chi connectivity index (χ1) is 20.1. The van der Waals surface area contributed by atoms with Crippen molar-refractivity contribution in [2.24, 2.45) is 13.0 Å². The van der Waals surface area contributed by atoms with E-state index in [2.05, 4.69) is 20.3 Å². The Hall–Kier alpha value is -3.40. The summed E-state index contributed by atoms with van der Waals surface area (Å²) in [5.74, 6) is 0.263. The third-order valence-corrected chi connectivity index (χ3v) is 7.42. The van der Waals surface area contributed by atoms with E-state index in [1.807, 2.05) is 0 Å². The number of alkyl halides is 9. The minimum absolute atomic E-state index is 0.0105. The van der Waals surface area contributed by atoms with E-state index in [4.69, 9.17) is 4.74 Å². The molecule has 0 N–H and O–H groups in total. The minimum atomic E-state index is -5.07. The van der Waals surface area contributed by atoms with Crippen LogP contribution in [-0.4, -0.2) is 50.9 Å². The summed E-state index contributed by atoms with van der Waals surface area (Å²) in [4.78, 5) is 4.29. The number of hydrogen-bond acceptors (Lipinski definition) is 6. The molecule has 0 amide bonds. The molecule has 5 rings (SSSR count). The molecule has 0 radical (unpaired) electrons.